The third-order valence-electron chi connectivity index (χ3n) is 5.25. The van der Waals surface area contributed by atoms with Crippen molar-refractivity contribution in [1.29, 1.82) is 0 Å². The number of benzene rings is 1. The molecule has 2 N–H and O–H groups in total. The molecule has 0 aliphatic carbocycles. The van der Waals surface area contributed by atoms with Crippen LogP contribution in [0.2, 0.25) is 0 Å². The third-order valence-corrected chi connectivity index (χ3v) is 6.17. The zero-order valence-corrected chi connectivity index (χ0v) is 19.5. The highest BCUT2D eigenvalue weighted by molar-refractivity contribution is 7.99. The summed E-state index contributed by atoms with van der Waals surface area (Å²) < 4.78 is 0. The minimum atomic E-state index is -0.0652. The number of rotatable bonds is 7. The van der Waals surface area contributed by atoms with Crippen molar-refractivity contribution in [3.63, 3.8) is 0 Å². The van der Waals surface area contributed by atoms with E-state index in [-0.39, 0.29) is 29.5 Å². The van der Waals surface area contributed by atoms with E-state index in [9.17, 15) is 9.59 Å². The molecule has 2 heterocycles. The number of amides is 2. The van der Waals surface area contributed by atoms with Crippen LogP contribution in [0.25, 0.3) is 0 Å². The van der Waals surface area contributed by atoms with E-state index < -0.39 is 0 Å². The molecule has 8 heteroatoms. The minimum absolute atomic E-state index is 0.0652. The molecule has 3 rings (SSSR count). The van der Waals surface area contributed by atoms with Gasteiger partial charge in [-0.25, -0.2) is 0 Å². The van der Waals surface area contributed by atoms with Crippen LogP contribution >= 0.6 is 11.8 Å². The van der Waals surface area contributed by atoms with Gasteiger partial charge in [-0.2, -0.15) is 0 Å². The van der Waals surface area contributed by atoms with Gasteiger partial charge in [0.15, 0.2) is 5.82 Å². The number of thioether (sulfide) groups is 1. The molecular formula is C23H31N5O2S. The van der Waals surface area contributed by atoms with E-state index in [1.807, 2.05) is 58.0 Å². The summed E-state index contributed by atoms with van der Waals surface area (Å²) in [5.41, 5.74) is 3.05. The number of hydrogen-bond donors (Lipinski definition) is 2. The summed E-state index contributed by atoms with van der Waals surface area (Å²) in [6, 6.07) is 9.97. The summed E-state index contributed by atoms with van der Waals surface area (Å²) in [6.07, 6.45) is 1.63. The second-order valence-corrected chi connectivity index (χ2v) is 9.31. The molecule has 166 valence electrons. The Labute approximate surface area is 188 Å². The Bertz CT molecular complexity index is 909. The first-order valence-electron chi connectivity index (χ1n) is 10.7. The first-order valence-corrected chi connectivity index (χ1v) is 11.7. The van der Waals surface area contributed by atoms with E-state index in [0.717, 1.165) is 43.0 Å². The number of aryl methyl sites for hydroxylation is 2. The summed E-state index contributed by atoms with van der Waals surface area (Å²) in [7, 11) is 0. The lowest BCUT2D eigenvalue weighted by atomic mass is 9.95. The molecule has 0 radical (unpaired) electrons. The predicted octanol–water partition coefficient (Wildman–Crippen LogP) is 3.57. The zero-order valence-electron chi connectivity index (χ0n) is 18.6. The predicted molar refractivity (Wildman–Crippen MR) is 126 cm³/mol. The summed E-state index contributed by atoms with van der Waals surface area (Å²) in [6.45, 7) is 9.55. The van der Waals surface area contributed by atoms with Gasteiger partial charge in [-0.15, -0.1) is 10.2 Å². The Morgan fingerprint density at radius 2 is 1.87 bits per heavy atom. The molecule has 1 aliphatic rings. The molecule has 1 aromatic heterocycles. The normalized spacial score (nSPS) is 14.5. The lowest BCUT2D eigenvalue weighted by Gasteiger charge is -2.32. The third kappa shape index (κ3) is 6.69. The van der Waals surface area contributed by atoms with Crippen LogP contribution in [0.1, 0.15) is 37.8 Å². The van der Waals surface area contributed by atoms with Crippen molar-refractivity contribution < 1.29 is 9.59 Å². The standard InChI is InChI=1S/C23H31N5O2S/c1-15(2)24-23(30)18-9-11-28(12-10-18)20-7-8-22(27-26-20)31-14-21(29)25-19-6-5-16(3)13-17(19)4/h5-8,13,15,18H,9-12,14H2,1-4H3,(H,24,30)(H,25,29). The molecule has 1 aliphatic heterocycles. The topological polar surface area (TPSA) is 87.2 Å². The largest absolute Gasteiger partial charge is 0.355 e. The van der Waals surface area contributed by atoms with Crippen LogP contribution in [0, 0.1) is 19.8 Å². The van der Waals surface area contributed by atoms with E-state index in [1.165, 1.54) is 17.3 Å². The van der Waals surface area contributed by atoms with Crippen LogP contribution in [0.15, 0.2) is 35.4 Å². The number of aromatic nitrogens is 2. The Hall–Kier alpha value is -2.61. The number of hydrogen-bond acceptors (Lipinski definition) is 6. The van der Waals surface area contributed by atoms with E-state index in [0.29, 0.717) is 5.03 Å². The van der Waals surface area contributed by atoms with Crippen molar-refractivity contribution in [2.75, 3.05) is 29.1 Å². The monoisotopic (exact) mass is 441 g/mol. The number of anilines is 2. The Morgan fingerprint density at radius 1 is 1.13 bits per heavy atom. The van der Waals surface area contributed by atoms with Gasteiger partial charge in [0.05, 0.1) is 5.75 Å². The number of nitrogens with zero attached hydrogens (tertiary/aromatic N) is 3. The Balaban J connectivity index is 1.46. The summed E-state index contributed by atoms with van der Waals surface area (Å²) in [5.74, 6) is 1.23. The molecular weight excluding hydrogens is 410 g/mol. The SMILES string of the molecule is Cc1ccc(NC(=O)CSc2ccc(N3CCC(C(=O)NC(C)C)CC3)nn2)c(C)c1. The summed E-state index contributed by atoms with van der Waals surface area (Å²) in [5, 5.41) is 15.3. The maximum Gasteiger partial charge on any atom is 0.234 e. The molecule has 2 aromatic rings. The van der Waals surface area contributed by atoms with Gasteiger partial charge in [0.1, 0.15) is 5.03 Å². The highest BCUT2D eigenvalue weighted by Crippen LogP contribution is 2.24. The van der Waals surface area contributed by atoms with Crippen molar-refractivity contribution >= 4 is 35.1 Å². The van der Waals surface area contributed by atoms with Gasteiger partial charge in [-0.05, 0) is 64.3 Å². The van der Waals surface area contributed by atoms with E-state index >= 15 is 0 Å². The lowest BCUT2D eigenvalue weighted by Crippen LogP contribution is -2.42. The first-order chi connectivity index (χ1) is 14.8. The van der Waals surface area contributed by atoms with Crippen LogP contribution < -0.4 is 15.5 Å². The van der Waals surface area contributed by atoms with Gasteiger partial charge in [0.25, 0.3) is 0 Å². The number of piperidine rings is 1. The van der Waals surface area contributed by atoms with E-state index in [1.54, 1.807) is 0 Å². The van der Waals surface area contributed by atoms with Gasteiger partial charge in [0.2, 0.25) is 11.8 Å². The summed E-state index contributed by atoms with van der Waals surface area (Å²) in [4.78, 5) is 26.6. The fraction of sp³-hybridized carbons (Fsp3) is 0.478. The fourth-order valence-electron chi connectivity index (χ4n) is 3.61. The molecule has 0 saturated carbocycles. The number of carbonyl (C=O) groups excluding carboxylic acids is 2. The van der Waals surface area contributed by atoms with Gasteiger partial charge < -0.3 is 15.5 Å². The molecule has 0 unspecified atom stereocenters. The quantitative estimate of drug-likeness (QED) is 0.639. The molecule has 1 fully saturated rings. The van der Waals surface area contributed by atoms with Crippen LogP contribution in [0.3, 0.4) is 0 Å². The van der Waals surface area contributed by atoms with Crippen molar-refractivity contribution in [2.45, 2.75) is 51.6 Å². The van der Waals surface area contributed by atoms with Crippen LogP contribution in [0.5, 0.6) is 0 Å². The molecule has 0 atom stereocenters. The van der Waals surface area contributed by atoms with Crippen LogP contribution in [0.4, 0.5) is 11.5 Å². The smallest absolute Gasteiger partial charge is 0.234 e. The van der Waals surface area contributed by atoms with Crippen molar-refractivity contribution in [3.8, 4) is 0 Å². The van der Waals surface area contributed by atoms with Crippen molar-refractivity contribution in [3.05, 3.63) is 41.5 Å². The highest BCUT2D eigenvalue weighted by Gasteiger charge is 2.26. The first kappa shape index (κ1) is 23.1. The zero-order chi connectivity index (χ0) is 22.4. The van der Waals surface area contributed by atoms with E-state index in [4.69, 9.17) is 0 Å². The average Bonchev–Trinajstić information content (AvgIpc) is 2.74. The molecule has 1 saturated heterocycles. The molecule has 1 aromatic carbocycles. The van der Waals surface area contributed by atoms with Gasteiger partial charge in [-0.1, -0.05) is 29.5 Å². The highest BCUT2D eigenvalue weighted by atomic mass is 32.2. The molecule has 7 nitrogen and oxygen atoms in total. The Kier molecular flexibility index (Phi) is 7.90. The second kappa shape index (κ2) is 10.6. The van der Waals surface area contributed by atoms with Crippen LogP contribution in [-0.2, 0) is 9.59 Å². The number of nitrogens with one attached hydrogen (secondary N) is 2. The number of carbonyl (C=O) groups is 2. The van der Waals surface area contributed by atoms with E-state index in [2.05, 4.69) is 25.7 Å². The fourth-order valence-corrected chi connectivity index (χ4v) is 4.23. The molecule has 2 amide bonds. The maximum atomic E-state index is 12.3. The molecule has 31 heavy (non-hydrogen) atoms. The summed E-state index contributed by atoms with van der Waals surface area (Å²) >= 11 is 1.36. The lowest BCUT2D eigenvalue weighted by molar-refractivity contribution is -0.126. The van der Waals surface area contributed by atoms with Gasteiger partial charge >= 0.3 is 0 Å². The maximum absolute atomic E-state index is 12.3. The van der Waals surface area contributed by atoms with Gasteiger partial charge in [-0.3, -0.25) is 9.59 Å². The molecule has 0 bridgehead atoms. The van der Waals surface area contributed by atoms with Gasteiger partial charge in [0, 0.05) is 30.7 Å². The minimum Gasteiger partial charge on any atom is -0.355 e. The van der Waals surface area contributed by atoms with Crippen molar-refractivity contribution in [2.24, 2.45) is 5.92 Å². The van der Waals surface area contributed by atoms with Crippen molar-refractivity contribution in [1.82, 2.24) is 15.5 Å². The Morgan fingerprint density at radius 3 is 2.48 bits per heavy atom. The molecule has 0 spiro atoms. The average molecular weight is 442 g/mol. The van der Waals surface area contributed by atoms with Crippen LogP contribution in [-0.4, -0.2) is 46.9 Å². The second-order valence-electron chi connectivity index (χ2n) is 8.31.